The van der Waals surface area contributed by atoms with Crippen LogP contribution < -0.4 is 0 Å². The molecule has 92 valence electrons. The second kappa shape index (κ2) is 4.40. The zero-order valence-corrected chi connectivity index (χ0v) is 10.0. The number of carbonyl (C=O) groups is 3. The van der Waals surface area contributed by atoms with E-state index in [9.17, 15) is 14.4 Å². The van der Waals surface area contributed by atoms with E-state index in [1.165, 1.54) is 7.11 Å². The van der Waals surface area contributed by atoms with Crippen molar-refractivity contribution in [1.29, 1.82) is 0 Å². The van der Waals surface area contributed by atoms with E-state index >= 15 is 0 Å². The highest BCUT2D eigenvalue weighted by Crippen LogP contribution is 2.22. The van der Waals surface area contributed by atoms with E-state index in [4.69, 9.17) is 5.11 Å². The van der Waals surface area contributed by atoms with Gasteiger partial charge in [0.2, 0.25) is 0 Å². The maximum atomic E-state index is 11.6. The minimum absolute atomic E-state index is 0.0138. The molecule has 1 heterocycles. The van der Waals surface area contributed by atoms with E-state index in [0.29, 0.717) is 11.4 Å². The first-order valence-corrected chi connectivity index (χ1v) is 4.84. The molecule has 0 aliphatic rings. The zero-order chi connectivity index (χ0) is 13.3. The third-order valence-corrected chi connectivity index (χ3v) is 2.79. The summed E-state index contributed by atoms with van der Waals surface area (Å²) in [6.07, 6.45) is 0. The van der Waals surface area contributed by atoms with Gasteiger partial charge < -0.3 is 14.4 Å². The Kier molecular flexibility index (Phi) is 3.36. The fourth-order valence-electron chi connectivity index (χ4n) is 1.69. The molecule has 0 saturated carbocycles. The van der Waals surface area contributed by atoms with Crippen LogP contribution in [0.5, 0.6) is 0 Å². The van der Waals surface area contributed by atoms with E-state index in [-0.39, 0.29) is 11.1 Å². The van der Waals surface area contributed by atoms with Crippen molar-refractivity contribution in [3.05, 3.63) is 22.5 Å². The summed E-state index contributed by atoms with van der Waals surface area (Å²) in [5, 5.41) is 8.73. The number of carboxylic acid groups (broad SMARTS) is 1. The Morgan fingerprint density at radius 2 is 1.59 bits per heavy atom. The second-order valence-corrected chi connectivity index (χ2v) is 3.61. The molecule has 0 radical (unpaired) electrons. The number of hydrogen-bond donors (Lipinski definition) is 1. The number of methoxy groups -OCH3 is 1. The van der Waals surface area contributed by atoms with Gasteiger partial charge in [0.1, 0.15) is 0 Å². The molecular formula is C11H13NO5. The summed E-state index contributed by atoms with van der Waals surface area (Å²) in [4.78, 5) is 33.8. The number of aliphatic carboxylic acids is 1. The molecule has 0 unspecified atom stereocenters. The molecule has 0 atom stereocenters. The third-order valence-electron chi connectivity index (χ3n) is 2.79. The van der Waals surface area contributed by atoms with Gasteiger partial charge in [0.15, 0.2) is 0 Å². The standard InChI is InChI=1S/C11H13NO5/c1-5-7(9(13)10(14)15)8(11(16)17-4)6(2)12(5)3/h1-4H3,(H,14,15). The Bertz CT molecular complexity index is 512. The van der Waals surface area contributed by atoms with E-state index in [2.05, 4.69) is 4.74 Å². The first-order chi connectivity index (χ1) is 7.82. The van der Waals surface area contributed by atoms with Gasteiger partial charge in [-0.05, 0) is 13.8 Å². The monoisotopic (exact) mass is 239 g/mol. The molecule has 1 N–H and O–H groups in total. The minimum Gasteiger partial charge on any atom is -0.475 e. The third kappa shape index (κ3) is 1.93. The molecule has 1 aromatic rings. The number of nitrogens with zero attached hydrogens (tertiary/aromatic N) is 1. The summed E-state index contributed by atoms with van der Waals surface area (Å²) < 4.78 is 6.14. The van der Waals surface area contributed by atoms with Gasteiger partial charge in [-0.1, -0.05) is 0 Å². The smallest absolute Gasteiger partial charge is 0.377 e. The lowest BCUT2D eigenvalue weighted by atomic mass is 10.0. The van der Waals surface area contributed by atoms with Crippen LogP contribution in [0.15, 0.2) is 0 Å². The van der Waals surface area contributed by atoms with Gasteiger partial charge in [0.25, 0.3) is 5.78 Å². The lowest BCUT2D eigenvalue weighted by Crippen LogP contribution is -2.17. The predicted octanol–water partition coefficient (Wildman–Crippen LogP) is 0.696. The second-order valence-electron chi connectivity index (χ2n) is 3.61. The molecule has 6 nitrogen and oxygen atoms in total. The summed E-state index contributed by atoms with van der Waals surface area (Å²) in [6, 6.07) is 0. The normalized spacial score (nSPS) is 10.1. The van der Waals surface area contributed by atoms with Gasteiger partial charge in [0, 0.05) is 18.4 Å². The van der Waals surface area contributed by atoms with Crippen LogP contribution in [-0.2, 0) is 16.6 Å². The molecule has 0 saturated heterocycles. The Labute approximate surface area is 97.8 Å². The maximum absolute atomic E-state index is 11.6. The van der Waals surface area contributed by atoms with Crippen LogP contribution >= 0.6 is 0 Å². The van der Waals surface area contributed by atoms with Crippen LogP contribution in [0, 0.1) is 13.8 Å². The van der Waals surface area contributed by atoms with Gasteiger partial charge in [-0.25, -0.2) is 9.59 Å². The molecule has 0 aromatic carbocycles. The van der Waals surface area contributed by atoms with Crippen LogP contribution in [0.4, 0.5) is 0 Å². The SMILES string of the molecule is COC(=O)c1c(C(=O)C(=O)O)c(C)n(C)c1C. The quantitative estimate of drug-likeness (QED) is 0.476. The van der Waals surface area contributed by atoms with Gasteiger partial charge in [-0.15, -0.1) is 0 Å². The van der Waals surface area contributed by atoms with Crippen molar-refractivity contribution in [1.82, 2.24) is 4.57 Å². The molecular weight excluding hydrogens is 226 g/mol. The molecule has 0 amide bonds. The Hall–Kier alpha value is -2.11. The number of carbonyl (C=O) groups excluding carboxylic acids is 2. The summed E-state index contributed by atoms with van der Waals surface area (Å²) >= 11 is 0. The number of rotatable bonds is 3. The van der Waals surface area contributed by atoms with Crippen molar-refractivity contribution in [2.75, 3.05) is 7.11 Å². The van der Waals surface area contributed by atoms with Crippen molar-refractivity contribution in [2.24, 2.45) is 7.05 Å². The van der Waals surface area contributed by atoms with Crippen molar-refractivity contribution < 1.29 is 24.2 Å². The Morgan fingerprint density at radius 3 is 2.00 bits per heavy atom. The first kappa shape index (κ1) is 13.0. The number of esters is 1. The van der Waals surface area contributed by atoms with Gasteiger partial charge in [-0.2, -0.15) is 0 Å². The molecule has 1 rings (SSSR count). The topological polar surface area (TPSA) is 85.6 Å². The molecule has 0 spiro atoms. The van der Waals surface area contributed by atoms with Crippen molar-refractivity contribution >= 4 is 17.7 Å². The number of hydrogen-bond acceptors (Lipinski definition) is 4. The van der Waals surface area contributed by atoms with E-state index in [1.807, 2.05) is 0 Å². The molecule has 1 aromatic heterocycles. The zero-order valence-electron chi connectivity index (χ0n) is 10.0. The molecule has 6 heteroatoms. The van der Waals surface area contributed by atoms with Gasteiger partial charge >= 0.3 is 11.9 Å². The predicted molar refractivity (Wildman–Crippen MR) is 58.2 cm³/mol. The average Bonchev–Trinajstić information content (AvgIpc) is 2.51. The van der Waals surface area contributed by atoms with Crippen molar-refractivity contribution in [2.45, 2.75) is 13.8 Å². The lowest BCUT2D eigenvalue weighted by molar-refractivity contribution is -0.131. The molecule has 0 fully saturated rings. The number of carboxylic acids is 1. The molecule has 0 aliphatic heterocycles. The highest BCUT2D eigenvalue weighted by Gasteiger charge is 2.30. The van der Waals surface area contributed by atoms with E-state index in [1.54, 1.807) is 25.5 Å². The van der Waals surface area contributed by atoms with E-state index in [0.717, 1.165) is 0 Å². The van der Waals surface area contributed by atoms with Crippen LogP contribution in [0.1, 0.15) is 32.1 Å². The summed E-state index contributed by atoms with van der Waals surface area (Å²) in [6.45, 7) is 3.20. The maximum Gasteiger partial charge on any atom is 0.377 e. The van der Waals surface area contributed by atoms with Crippen molar-refractivity contribution in [3.8, 4) is 0 Å². The minimum atomic E-state index is -1.59. The Balaban J connectivity index is 3.58. The Morgan fingerprint density at radius 1 is 1.12 bits per heavy atom. The lowest BCUT2D eigenvalue weighted by Gasteiger charge is -2.01. The van der Waals surface area contributed by atoms with E-state index < -0.39 is 17.7 Å². The van der Waals surface area contributed by atoms with Gasteiger partial charge in [0.05, 0.1) is 18.2 Å². The summed E-state index contributed by atoms with van der Waals surface area (Å²) in [5.74, 6) is -3.41. The van der Waals surface area contributed by atoms with Crippen molar-refractivity contribution in [3.63, 3.8) is 0 Å². The number of aromatic nitrogens is 1. The highest BCUT2D eigenvalue weighted by molar-refractivity contribution is 6.41. The van der Waals surface area contributed by atoms with Crippen LogP contribution in [-0.4, -0.2) is 34.5 Å². The fourth-order valence-corrected chi connectivity index (χ4v) is 1.69. The number of Topliss-reactive ketones (excluding diaryl/α,β-unsaturated/α-hetero) is 1. The summed E-state index contributed by atoms with van der Waals surface area (Å²) in [7, 11) is 2.83. The fraction of sp³-hybridized carbons (Fsp3) is 0.364. The van der Waals surface area contributed by atoms with Crippen LogP contribution in [0.2, 0.25) is 0 Å². The molecule has 0 aliphatic carbocycles. The first-order valence-electron chi connectivity index (χ1n) is 4.84. The molecule has 17 heavy (non-hydrogen) atoms. The highest BCUT2D eigenvalue weighted by atomic mass is 16.5. The molecule has 0 bridgehead atoms. The number of ether oxygens (including phenoxy) is 1. The summed E-state index contributed by atoms with van der Waals surface area (Å²) in [5.41, 5.74) is 0.832. The van der Waals surface area contributed by atoms with Gasteiger partial charge in [-0.3, -0.25) is 4.79 Å². The largest absolute Gasteiger partial charge is 0.475 e. The average molecular weight is 239 g/mol. The van der Waals surface area contributed by atoms with Crippen LogP contribution in [0.25, 0.3) is 0 Å². The number of ketones is 1. The van der Waals surface area contributed by atoms with Crippen LogP contribution in [0.3, 0.4) is 0 Å².